The Hall–Kier alpha value is -0.370. The molecule has 70 valence electrons. The zero-order valence-corrected chi connectivity index (χ0v) is 9.60. The second-order valence-corrected chi connectivity index (χ2v) is 4.52. The fourth-order valence-electron chi connectivity index (χ4n) is 1.08. The Morgan fingerprint density at radius 3 is 2.85 bits per heavy atom. The number of hydrogen-bond donors (Lipinski definition) is 1. The van der Waals surface area contributed by atoms with Crippen molar-refractivity contribution in [2.75, 3.05) is 0 Å². The lowest BCUT2D eigenvalue weighted by Gasteiger charge is -2.13. The molecule has 0 amide bonds. The molecule has 0 aromatic carbocycles. The van der Waals surface area contributed by atoms with Crippen LogP contribution in [0.25, 0.3) is 0 Å². The van der Waals surface area contributed by atoms with Gasteiger partial charge in [-0.2, -0.15) is 5.26 Å². The van der Waals surface area contributed by atoms with Crippen LogP contribution in [-0.2, 0) is 0 Å². The zero-order chi connectivity index (χ0) is 9.84. The summed E-state index contributed by atoms with van der Waals surface area (Å²) in [6.45, 7) is 1.90. The summed E-state index contributed by atoms with van der Waals surface area (Å²) in [7, 11) is 0. The second kappa shape index (κ2) is 4.75. The van der Waals surface area contributed by atoms with Crippen molar-refractivity contribution in [3.8, 4) is 6.07 Å². The van der Waals surface area contributed by atoms with E-state index < -0.39 is 6.10 Å². The van der Waals surface area contributed by atoms with E-state index in [9.17, 15) is 5.11 Å². The maximum absolute atomic E-state index is 9.81. The normalized spacial score (nSPS) is 14.9. The number of nitrogens with zero attached hydrogens (tertiary/aromatic N) is 1. The Morgan fingerprint density at radius 2 is 2.46 bits per heavy atom. The molecule has 0 aliphatic carbocycles. The van der Waals surface area contributed by atoms with Gasteiger partial charge in [-0.15, -0.1) is 11.3 Å². The Bertz CT molecular complexity index is 318. The molecule has 0 fully saturated rings. The quantitative estimate of drug-likeness (QED) is 0.907. The summed E-state index contributed by atoms with van der Waals surface area (Å²) in [6.07, 6.45) is 0.00604. The molecule has 1 rings (SSSR count). The standard InChI is InChI=1S/C9H10BrNOS/c1-2-6(5-11)8(12)9-7(10)3-4-13-9/h3-4,6,8,12H,2H2,1H3. The predicted octanol–water partition coefficient (Wildman–Crippen LogP) is 3.09. The summed E-state index contributed by atoms with van der Waals surface area (Å²) in [5.41, 5.74) is 0. The van der Waals surface area contributed by atoms with Crippen molar-refractivity contribution < 1.29 is 5.11 Å². The molecule has 0 radical (unpaired) electrons. The molecule has 1 aromatic rings. The summed E-state index contributed by atoms with van der Waals surface area (Å²) in [5.74, 6) is -0.310. The van der Waals surface area contributed by atoms with E-state index in [1.165, 1.54) is 11.3 Å². The lowest BCUT2D eigenvalue weighted by Crippen LogP contribution is -2.08. The molecule has 0 bridgehead atoms. The van der Waals surface area contributed by atoms with Gasteiger partial charge in [-0.3, -0.25) is 0 Å². The van der Waals surface area contributed by atoms with Crippen molar-refractivity contribution in [3.63, 3.8) is 0 Å². The summed E-state index contributed by atoms with van der Waals surface area (Å²) < 4.78 is 0.888. The largest absolute Gasteiger partial charge is 0.386 e. The van der Waals surface area contributed by atoms with Crippen LogP contribution >= 0.6 is 27.3 Å². The number of rotatable bonds is 3. The van der Waals surface area contributed by atoms with Crippen molar-refractivity contribution in [3.05, 3.63) is 20.8 Å². The molecular weight excluding hydrogens is 250 g/mol. The molecule has 0 saturated carbocycles. The summed E-state index contributed by atoms with van der Waals surface area (Å²) in [6, 6.07) is 3.99. The molecule has 0 aliphatic rings. The molecule has 0 aliphatic heterocycles. The zero-order valence-electron chi connectivity index (χ0n) is 7.20. The van der Waals surface area contributed by atoms with Gasteiger partial charge >= 0.3 is 0 Å². The third-order valence-electron chi connectivity index (χ3n) is 1.90. The smallest absolute Gasteiger partial charge is 0.105 e. The highest BCUT2D eigenvalue weighted by atomic mass is 79.9. The maximum Gasteiger partial charge on any atom is 0.105 e. The minimum Gasteiger partial charge on any atom is -0.386 e. The first kappa shape index (κ1) is 10.7. The van der Waals surface area contributed by atoms with Crippen molar-refractivity contribution in [2.45, 2.75) is 19.4 Å². The molecule has 13 heavy (non-hydrogen) atoms. The van der Waals surface area contributed by atoms with Crippen LogP contribution < -0.4 is 0 Å². The fourth-order valence-corrected chi connectivity index (χ4v) is 2.74. The topological polar surface area (TPSA) is 44.0 Å². The monoisotopic (exact) mass is 259 g/mol. The molecule has 1 aromatic heterocycles. The second-order valence-electron chi connectivity index (χ2n) is 2.72. The predicted molar refractivity (Wildman–Crippen MR) is 56.4 cm³/mol. The van der Waals surface area contributed by atoms with Gasteiger partial charge < -0.3 is 5.11 Å². The van der Waals surface area contributed by atoms with E-state index in [0.29, 0.717) is 6.42 Å². The molecular formula is C9H10BrNOS. The van der Waals surface area contributed by atoms with E-state index >= 15 is 0 Å². The molecule has 2 nitrogen and oxygen atoms in total. The average molecular weight is 260 g/mol. The molecule has 1 heterocycles. The third-order valence-corrected chi connectivity index (χ3v) is 3.84. The Balaban J connectivity index is 2.85. The number of hydrogen-bond acceptors (Lipinski definition) is 3. The van der Waals surface area contributed by atoms with Crippen LogP contribution in [0.4, 0.5) is 0 Å². The molecule has 2 atom stereocenters. The first-order valence-corrected chi connectivity index (χ1v) is 5.68. The minimum absolute atomic E-state index is 0.310. The van der Waals surface area contributed by atoms with Crippen LogP contribution in [0.1, 0.15) is 24.3 Å². The molecule has 1 N–H and O–H groups in total. The SMILES string of the molecule is CCC(C#N)C(O)c1sccc1Br. The van der Waals surface area contributed by atoms with E-state index in [4.69, 9.17) is 5.26 Å². The van der Waals surface area contributed by atoms with Gasteiger partial charge in [0.25, 0.3) is 0 Å². The van der Waals surface area contributed by atoms with Crippen LogP contribution in [0.2, 0.25) is 0 Å². The number of aliphatic hydroxyl groups excluding tert-OH is 1. The fraction of sp³-hybridized carbons (Fsp3) is 0.444. The lowest BCUT2D eigenvalue weighted by molar-refractivity contribution is 0.136. The summed E-state index contributed by atoms with van der Waals surface area (Å²) in [5, 5.41) is 20.5. The Labute approximate surface area is 90.0 Å². The lowest BCUT2D eigenvalue weighted by atomic mass is 10.0. The average Bonchev–Trinajstić information content (AvgIpc) is 2.53. The van der Waals surface area contributed by atoms with Crippen molar-refractivity contribution in [1.82, 2.24) is 0 Å². The highest BCUT2D eigenvalue weighted by Crippen LogP contribution is 2.33. The van der Waals surface area contributed by atoms with Gasteiger partial charge in [-0.05, 0) is 33.8 Å². The number of thiophene rings is 1. The number of halogens is 1. The minimum atomic E-state index is -0.663. The van der Waals surface area contributed by atoms with Gasteiger partial charge in [-0.25, -0.2) is 0 Å². The van der Waals surface area contributed by atoms with Crippen LogP contribution in [-0.4, -0.2) is 5.11 Å². The third kappa shape index (κ3) is 2.31. The molecule has 0 saturated heterocycles. The van der Waals surface area contributed by atoms with Gasteiger partial charge in [-0.1, -0.05) is 6.92 Å². The summed E-state index contributed by atoms with van der Waals surface area (Å²) >= 11 is 4.80. The van der Waals surface area contributed by atoms with Crippen LogP contribution in [0.15, 0.2) is 15.9 Å². The molecule has 4 heteroatoms. The van der Waals surface area contributed by atoms with Crippen molar-refractivity contribution >= 4 is 27.3 Å². The summed E-state index contributed by atoms with van der Waals surface area (Å²) in [4.78, 5) is 0.841. The van der Waals surface area contributed by atoms with E-state index in [1.54, 1.807) is 0 Å². The van der Waals surface area contributed by atoms with Gasteiger partial charge in [0.15, 0.2) is 0 Å². The molecule has 0 spiro atoms. The van der Waals surface area contributed by atoms with Gasteiger partial charge in [0, 0.05) is 9.35 Å². The van der Waals surface area contributed by atoms with E-state index in [0.717, 1.165) is 9.35 Å². The molecule has 2 unspecified atom stereocenters. The highest BCUT2D eigenvalue weighted by Gasteiger charge is 2.21. The van der Waals surface area contributed by atoms with E-state index in [-0.39, 0.29) is 5.92 Å². The number of aliphatic hydroxyl groups is 1. The van der Waals surface area contributed by atoms with Crippen LogP contribution in [0, 0.1) is 17.2 Å². The van der Waals surface area contributed by atoms with Crippen LogP contribution in [0.5, 0.6) is 0 Å². The first-order chi connectivity index (χ1) is 6.20. The van der Waals surface area contributed by atoms with Gasteiger partial charge in [0.05, 0.1) is 12.0 Å². The Kier molecular flexibility index (Phi) is 3.91. The maximum atomic E-state index is 9.81. The van der Waals surface area contributed by atoms with Gasteiger partial charge in [0.2, 0.25) is 0 Å². The van der Waals surface area contributed by atoms with E-state index in [1.807, 2.05) is 18.4 Å². The van der Waals surface area contributed by atoms with Crippen LogP contribution in [0.3, 0.4) is 0 Å². The van der Waals surface area contributed by atoms with Crippen molar-refractivity contribution in [1.29, 1.82) is 5.26 Å². The first-order valence-electron chi connectivity index (χ1n) is 4.01. The van der Waals surface area contributed by atoms with Gasteiger partial charge in [0.1, 0.15) is 6.10 Å². The van der Waals surface area contributed by atoms with Crippen molar-refractivity contribution in [2.24, 2.45) is 5.92 Å². The van der Waals surface area contributed by atoms with E-state index in [2.05, 4.69) is 22.0 Å². The Morgan fingerprint density at radius 1 is 1.77 bits per heavy atom. The number of nitriles is 1. The highest BCUT2D eigenvalue weighted by molar-refractivity contribution is 9.10.